The number of hydrogen-bond donors (Lipinski definition) is 2. The van der Waals surface area contributed by atoms with Crippen molar-refractivity contribution >= 4 is 34.5 Å². The second-order valence-corrected chi connectivity index (χ2v) is 9.65. The van der Waals surface area contributed by atoms with Gasteiger partial charge in [0.05, 0.1) is 13.2 Å². The summed E-state index contributed by atoms with van der Waals surface area (Å²) >= 11 is 0. The largest absolute Gasteiger partial charge is 0.434 e. The molecule has 0 saturated carbocycles. The van der Waals surface area contributed by atoms with Gasteiger partial charge in [-0.2, -0.15) is 10.1 Å². The van der Waals surface area contributed by atoms with Crippen LogP contribution < -0.4 is 20.3 Å². The van der Waals surface area contributed by atoms with Gasteiger partial charge in [0.15, 0.2) is 11.6 Å². The van der Waals surface area contributed by atoms with E-state index < -0.39 is 29.9 Å². The Morgan fingerprint density at radius 3 is 2.40 bits per heavy atom. The SMILES string of the molecule is O=C(CC(=O)Nc1ccc(Oc2ncnn3cc(-c4ccnc(N5CCOCC5)c4)cc23)c(F)c1)Nc1ccc(F)cc1. The second-order valence-electron chi connectivity index (χ2n) is 9.65. The number of carbonyl (C=O) groups excluding carboxylic acids is 2. The van der Waals surface area contributed by atoms with Crippen LogP contribution in [0.4, 0.5) is 26.0 Å². The standard InChI is InChI=1S/C30H25F2N7O4/c31-21-1-3-22(4-2-21)36-28(40)16-29(41)37-23-5-6-26(24(32)15-23)43-30-25-13-20(17-39(25)35-18-34-30)19-7-8-33-27(14-19)38-9-11-42-12-10-38/h1-8,13-15,17-18H,9-12,16H2,(H,36,40)(H,37,41). The molecule has 0 spiro atoms. The van der Waals surface area contributed by atoms with E-state index in [0.29, 0.717) is 24.4 Å². The van der Waals surface area contributed by atoms with Gasteiger partial charge < -0.3 is 25.0 Å². The van der Waals surface area contributed by atoms with Gasteiger partial charge in [-0.1, -0.05) is 0 Å². The highest BCUT2D eigenvalue weighted by Gasteiger charge is 2.17. The van der Waals surface area contributed by atoms with Crippen molar-refractivity contribution in [2.24, 2.45) is 0 Å². The lowest BCUT2D eigenvalue weighted by Crippen LogP contribution is -2.36. The van der Waals surface area contributed by atoms with Crippen molar-refractivity contribution in [2.45, 2.75) is 6.42 Å². The smallest absolute Gasteiger partial charge is 0.247 e. The average molecular weight is 586 g/mol. The third-order valence-corrected chi connectivity index (χ3v) is 6.66. The van der Waals surface area contributed by atoms with Crippen molar-refractivity contribution in [1.82, 2.24) is 19.6 Å². The van der Waals surface area contributed by atoms with Crippen LogP contribution in [-0.2, 0) is 14.3 Å². The molecule has 2 N–H and O–H groups in total. The Kier molecular flexibility index (Phi) is 7.87. The molecule has 43 heavy (non-hydrogen) atoms. The van der Waals surface area contributed by atoms with E-state index in [2.05, 4.69) is 30.6 Å². The molecular weight excluding hydrogens is 560 g/mol. The molecule has 1 fully saturated rings. The van der Waals surface area contributed by atoms with E-state index >= 15 is 4.39 Å². The second kappa shape index (κ2) is 12.2. The van der Waals surface area contributed by atoms with E-state index in [0.717, 1.165) is 36.1 Å². The van der Waals surface area contributed by atoms with Crippen LogP contribution in [0.3, 0.4) is 0 Å². The van der Waals surface area contributed by atoms with E-state index in [1.54, 1.807) is 10.7 Å². The molecule has 0 atom stereocenters. The molecule has 2 amide bonds. The van der Waals surface area contributed by atoms with Gasteiger partial charge in [-0.15, -0.1) is 0 Å². The van der Waals surface area contributed by atoms with Crippen LogP contribution in [0.1, 0.15) is 6.42 Å². The molecule has 13 heteroatoms. The maximum atomic E-state index is 15.0. The predicted octanol–water partition coefficient (Wildman–Crippen LogP) is 4.67. The van der Waals surface area contributed by atoms with Gasteiger partial charge in [-0.25, -0.2) is 18.3 Å². The summed E-state index contributed by atoms with van der Waals surface area (Å²) in [5.41, 5.74) is 2.77. The number of hydrogen-bond acceptors (Lipinski definition) is 8. The van der Waals surface area contributed by atoms with Gasteiger partial charge in [0.2, 0.25) is 17.7 Å². The first-order valence-corrected chi connectivity index (χ1v) is 13.4. The lowest BCUT2D eigenvalue weighted by atomic mass is 10.1. The number of fused-ring (bicyclic) bond motifs is 1. The lowest BCUT2D eigenvalue weighted by Gasteiger charge is -2.27. The first-order chi connectivity index (χ1) is 20.9. The van der Waals surface area contributed by atoms with Crippen molar-refractivity contribution in [3.63, 3.8) is 0 Å². The van der Waals surface area contributed by atoms with Crippen LogP contribution in [0.15, 0.2) is 79.4 Å². The molecule has 1 aliphatic rings. The van der Waals surface area contributed by atoms with E-state index in [4.69, 9.17) is 9.47 Å². The number of amides is 2. The van der Waals surface area contributed by atoms with Crippen molar-refractivity contribution in [3.05, 3.63) is 91.0 Å². The highest BCUT2D eigenvalue weighted by Crippen LogP contribution is 2.32. The van der Waals surface area contributed by atoms with E-state index in [-0.39, 0.29) is 17.3 Å². The number of ether oxygens (including phenoxy) is 2. The Hall–Kier alpha value is -5.43. The van der Waals surface area contributed by atoms with Crippen LogP contribution in [0.5, 0.6) is 11.6 Å². The van der Waals surface area contributed by atoms with Crippen LogP contribution in [0, 0.1) is 11.6 Å². The van der Waals surface area contributed by atoms with Crippen LogP contribution in [0.2, 0.25) is 0 Å². The molecular formula is C30H25F2N7O4. The van der Waals surface area contributed by atoms with Gasteiger partial charge >= 0.3 is 0 Å². The van der Waals surface area contributed by atoms with Crippen molar-refractivity contribution < 1.29 is 27.8 Å². The fourth-order valence-corrected chi connectivity index (χ4v) is 4.56. The number of nitrogens with zero attached hydrogens (tertiary/aromatic N) is 5. The molecule has 1 saturated heterocycles. The zero-order valence-corrected chi connectivity index (χ0v) is 22.7. The molecule has 0 radical (unpaired) electrons. The lowest BCUT2D eigenvalue weighted by molar-refractivity contribution is -0.123. The summed E-state index contributed by atoms with van der Waals surface area (Å²) in [6.45, 7) is 2.83. The monoisotopic (exact) mass is 585 g/mol. The Morgan fingerprint density at radius 1 is 0.884 bits per heavy atom. The molecule has 0 aliphatic carbocycles. The number of carbonyl (C=O) groups is 2. The van der Waals surface area contributed by atoms with Crippen molar-refractivity contribution in [1.29, 1.82) is 0 Å². The molecule has 0 bridgehead atoms. The zero-order valence-electron chi connectivity index (χ0n) is 22.7. The number of morpholine rings is 1. The number of anilines is 3. The number of benzene rings is 2. The third kappa shape index (κ3) is 6.57. The van der Waals surface area contributed by atoms with E-state index in [1.165, 1.54) is 42.7 Å². The number of halogens is 2. The summed E-state index contributed by atoms with van der Waals surface area (Å²) < 4.78 is 40.9. The maximum absolute atomic E-state index is 15.0. The summed E-state index contributed by atoms with van der Waals surface area (Å²) in [5.74, 6) is -1.59. The number of aromatic nitrogens is 4. The zero-order chi connectivity index (χ0) is 29.8. The summed E-state index contributed by atoms with van der Waals surface area (Å²) in [5, 5.41) is 9.23. The normalized spacial score (nSPS) is 13.1. The third-order valence-electron chi connectivity index (χ3n) is 6.66. The van der Waals surface area contributed by atoms with E-state index in [1.807, 2.05) is 24.4 Å². The molecule has 4 heterocycles. The summed E-state index contributed by atoms with van der Waals surface area (Å²) in [6.07, 6.45) is 4.36. The molecule has 3 aromatic heterocycles. The fourth-order valence-electron chi connectivity index (χ4n) is 4.56. The molecule has 11 nitrogen and oxygen atoms in total. The number of nitrogens with one attached hydrogen (secondary N) is 2. The Morgan fingerprint density at radius 2 is 1.63 bits per heavy atom. The van der Waals surface area contributed by atoms with E-state index in [9.17, 15) is 14.0 Å². The molecule has 1 aliphatic heterocycles. The number of pyridine rings is 1. The topological polar surface area (TPSA) is 123 Å². The minimum Gasteiger partial charge on any atom is -0.434 e. The van der Waals surface area contributed by atoms with Crippen LogP contribution >= 0.6 is 0 Å². The van der Waals surface area contributed by atoms with Crippen molar-refractivity contribution in [3.8, 4) is 22.8 Å². The predicted molar refractivity (Wildman–Crippen MR) is 154 cm³/mol. The highest BCUT2D eigenvalue weighted by molar-refractivity contribution is 6.08. The molecule has 5 aromatic rings. The first kappa shape index (κ1) is 27.7. The number of rotatable bonds is 8. The molecule has 218 valence electrons. The van der Waals surface area contributed by atoms with Gasteiger partial charge in [-0.3, -0.25) is 9.59 Å². The fraction of sp³-hybridized carbons (Fsp3) is 0.167. The summed E-state index contributed by atoms with van der Waals surface area (Å²) in [7, 11) is 0. The molecule has 0 unspecified atom stereocenters. The minimum absolute atomic E-state index is 0.117. The highest BCUT2D eigenvalue weighted by atomic mass is 19.1. The van der Waals surface area contributed by atoms with Crippen LogP contribution in [0.25, 0.3) is 16.6 Å². The quantitative estimate of drug-likeness (QED) is 0.252. The minimum atomic E-state index is -0.749. The first-order valence-electron chi connectivity index (χ1n) is 13.4. The van der Waals surface area contributed by atoms with Gasteiger partial charge in [-0.05, 0) is 60.2 Å². The Balaban J connectivity index is 1.13. The molecule has 6 rings (SSSR count). The van der Waals surface area contributed by atoms with Gasteiger partial charge in [0.1, 0.15) is 29.9 Å². The summed E-state index contributed by atoms with van der Waals surface area (Å²) in [6, 6.07) is 14.7. The Labute approximate surface area is 244 Å². The molecule has 2 aromatic carbocycles. The Bertz CT molecular complexity index is 1790. The van der Waals surface area contributed by atoms with Crippen molar-refractivity contribution in [2.75, 3.05) is 41.8 Å². The summed E-state index contributed by atoms with van der Waals surface area (Å²) in [4.78, 5) is 35.3. The average Bonchev–Trinajstić information content (AvgIpc) is 3.46. The van der Waals surface area contributed by atoms with Crippen LogP contribution in [-0.4, -0.2) is 57.7 Å². The van der Waals surface area contributed by atoms with Gasteiger partial charge in [0, 0.05) is 48.5 Å². The van der Waals surface area contributed by atoms with Gasteiger partial charge in [0.25, 0.3) is 0 Å². The maximum Gasteiger partial charge on any atom is 0.247 e.